The second-order valence-electron chi connectivity index (χ2n) is 7.56. The number of benzene rings is 4. The molecule has 174 valence electrons. The quantitative estimate of drug-likeness (QED) is 0.281. The van der Waals surface area contributed by atoms with Gasteiger partial charge in [0.05, 0.1) is 17.8 Å². The van der Waals surface area contributed by atoms with Crippen LogP contribution in [0.3, 0.4) is 0 Å². The molecule has 0 bridgehead atoms. The normalized spacial score (nSPS) is 10.9. The van der Waals surface area contributed by atoms with E-state index < -0.39 is 0 Å². The Morgan fingerprint density at radius 3 is 2.49 bits per heavy atom. The number of carbonyl (C=O) groups is 1. The minimum absolute atomic E-state index is 0.155. The Hall–Kier alpha value is -3.72. The molecule has 0 saturated heterocycles. The zero-order valence-corrected chi connectivity index (χ0v) is 20.6. The Kier molecular flexibility index (Phi) is 6.25. The van der Waals surface area contributed by atoms with Crippen molar-refractivity contribution in [1.82, 2.24) is 20.3 Å². The van der Waals surface area contributed by atoms with Crippen LogP contribution in [0.2, 0.25) is 10.0 Å². The lowest BCUT2D eigenvalue weighted by Gasteiger charge is -2.11. The molecule has 1 aromatic heterocycles. The van der Waals surface area contributed by atoms with Gasteiger partial charge >= 0.3 is 0 Å². The number of halogens is 2. The van der Waals surface area contributed by atoms with E-state index in [-0.39, 0.29) is 11.0 Å². The molecule has 0 fully saturated rings. The highest BCUT2D eigenvalue weighted by molar-refractivity contribution is 7.80. The number of anilines is 1. The highest BCUT2D eigenvalue weighted by atomic mass is 35.5. The molecule has 4 aromatic carbocycles. The fraction of sp³-hybridized carbons (Fsp3) is 0.0400. The number of nitrogens with one attached hydrogen (secondary N) is 2. The molecule has 1 amide bonds. The van der Waals surface area contributed by atoms with Crippen molar-refractivity contribution in [1.29, 1.82) is 0 Å². The fourth-order valence-electron chi connectivity index (χ4n) is 3.69. The van der Waals surface area contributed by atoms with Crippen LogP contribution in [0, 0.1) is 0 Å². The molecule has 7 nitrogen and oxygen atoms in total. The Balaban J connectivity index is 1.33. The Bertz CT molecular complexity index is 1620. The van der Waals surface area contributed by atoms with Crippen molar-refractivity contribution in [2.45, 2.75) is 0 Å². The van der Waals surface area contributed by atoms with Crippen LogP contribution in [-0.2, 0) is 0 Å². The Labute approximate surface area is 215 Å². The monoisotopic (exact) mass is 521 g/mol. The molecule has 0 saturated carbocycles. The van der Waals surface area contributed by atoms with E-state index in [1.165, 1.54) is 4.80 Å². The molecule has 10 heteroatoms. The van der Waals surface area contributed by atoms with E-state index in [4.69, 9.17) is 40.2 Å². The number of ether oxygens (including phenoxy) is 1. The van der Waals surface area contributed by atoms with Crippen LogP contribution in [-0.4, -0.2) is 33.1 Å². The van der Waals surface area contributed by atoms with Gasteiger partial charge in [0.1, 0.15) is 16.8 Å². The van der Waals surface area contributed by atoms with Crippen LogP contribution in [0.1, 0.15) is 10.4 Å². The topological polar surface area (TPSA) is 81.1 Å². The zero-order valence-electron chi connectivity index (χ0n) is 18.3. The van der Waals surface area contributed by atoms with Crippen LogP contribution in [0.4, 0.5) is 5.69 Å². The number of amides is 1. The highest BCUT2D eigenvalue weighted by Crippen LogP contribution is 2.27. The molecule has 5 aromatic rings. The maximum atomic E-state index is 12.9. The third-order valence-electron chi connectivity index (χ3n) is 5.35. The van der Waals surface area contributed by atoms with Gasteiger partial charge in [-0.15, -0.1) is 10.2 Å². The fourth-order valence-corrected chi connectivity index (χ4v) is 4.39. The number of thiocarbonyl (C=S) groups is 1. The van der Waals surface area contributed by atoms with Crippen molar-refractivity contribution in [2.24, 2.45) is 0 Å². The largest absolute Gasteiger partial charge is 0.495 e. The van der Waals surface area contributed by atoms with Gasteiger partial charge in [-0.2, -0.15) is 4.80 Å². The van der Waals surface area contributed by atoms with Crippen molar-refractivity contribution in [3.05, 3.63) is 88.4 Å². The van der Waals surface area contributed by atoms with Crippen molar-refractivity contribution < 1.29 is 9.53 Å². The first-order valence-corrected chi connectivity index (χ1v) is 11.6. The standard InChI is InChI=1S/C25H17Cl2N5O2S/c1-34-23-11-9-15(13-20(23)27)32-30-21-10-8-14(12-22(21)31-32)28-25(35)29-24(33)18-6-2-5-17-16(18)4-3-7-19(17)26/h2-13H,1H3,(H2,28,29,33,35). The number of nitrogens with zero attached hydrogens (tertiary/aromatic N) is 3. The molecule has 0 spiro atoms. The van der Waals surface area contributed by atoms with Crippen molar-refractivity contribution in [2.75, 3.05) is 12.4 Å². The van der Waals surface area contributed by atoms with Crippen LogP contribution < -0.4 is 15.4 Å². The zero-order chi connectivity index (χ0) is 24.5. The van der Waals surface area contributed by atoms with Crippen LogP contribution in [0.5, 0.6) is 5.75 Å². The molecule has 0 unspecified atom stereocenters. The van der Waals surface area contributed by atoms with Gasteiger partial charge in [0.15, 0.2) is 5.11 Å². The van der Waals surface area contributed by atoms with Crippen molar-refractivity contribution in [3.63, 3.8) is 0 Å². The molecule has 0 aliphatic rings. The first kappa shape index (κ1) is 23.0. The van der Waals surface area contributed by atoms with E-state index in [1.807, 2.05) is 24.3 Å². The molecule has 1 heterocycles. The van der Waals surface area contributed by atoms with E-state index in [0.717, 1.165) is 10.8 Å². The predicted molar refractivity (Wildman–Crippen MR) is 143 cm³/mol. The van der Waals surface area contributed by atoms with Gasteiger partial charge in [0, 0.05) is 21.7 Å². The molecule has 0 atom stereocenters. The van der Waals surface area contributed by atoms with Crippen LogP contribution >= 0.6 is 35.4 Å². The van der Waals surface area contributed by atoms with E-state index in [9.17, 15) is 4.79 Å². The summed E-state index contributed by atoms with van der Waals surface area (Å²) in [4.78, 5) is 14.4. The summed E-state index contributed by atoms with van der Waals surface area (Å²) < 4.78 is 5.19. The van der Waals surface area contributed by atoms with E-state index in [1.54, 1.807) is 55.6 Å². The number of methoxy groups -OCH3 is 1. The first-order chi connectivity index (χ1) is 16.9. The second kappa shape index (κ2) is 9.50. The third-order valence-corrected chi connectivity index (χ3v) is 6.17. The number of hydrogen-bond acceptors (Lipinski definition) is 5. The lowest BCUT2D eigenvalue weighted by molar-refractivity contribution is 0.0979. The SMILES string of the molecule is COc1ccc(-n2nc3ccc(NC(=S)NC(=O)c4cccc5c(Cl)cccc45)cc3n2)cc1Cl. The van der Waals surface area contributed by atoms with Crippen LogP contribution in [0.25, 0.3) is 27.5 Å². The third kappa shape index (κ3) is 4.64. The summed E-state index contributed by atoms with van der Waals surface area (Å²) in [6, 6.07) is 21.5. The average Bonchev–Trinajstić information content (AvgIpc) is 3.27. The summed E-state index contributed by atoms with van der Waals surface area (Å²) in [6.45, 7) is 0. The molecular formula is C25H17Cl2N5O2S. The average molecular weight is 522 g/mol. The number of hydrogen-bond donors (Lipinski definition) is 2. The maximum Gasteiger partial charge on any atom is 0.258 e. The van der Waals surface area contributed by atoms with Gasteiger partial charge in [0.25, 0.3) is 5.91 Å². The molecular weight excluding hydrogens is 505 g/mol. The number of rotatable bonds is 4. The van der Waals surface area contributed by atoms with Gasteiger partial charge in [-0.3, -0.25) is 10.1 Å². The summed E-state index contributed by atoms with van der Waals surface area (Å²) in [7, 11) is 1.56. The highest BCUT2D eigenvalue weighted by Gasteiger charge is 2.14. The van der Waals surface area contributed by atoms with Gasteiger partial charge in [-0.05, 0) is 66.1 Å². The summed E-state index contributed by atoms with van der Waals surface area (Å²) in [6.07, 6.45) is 0. The second-order valence-corrected chi connectivity index (χ2v) is 8.78. The Morgan fingerprint density at radius 2 is 1.69 bits per heavy atom. The maximum absolute atomic E-state index is 12.9. The van der Waals surface area contributed by atoms with Gasteiger partial charge < -0.3 is 10.1 Å². The van der Waals surface area contributed by atoms with Crippen molar-refractivity contribution >= 4 is 73.9 Å². The number of fused-ring (bicyclic) bond motifs is 2. The molecule has 2 N–H and O–H groups in total. The lowest BCUT2D eigenvalue weighted by Crippen LogP contribution is -2.34. The molecule has 0 aliphatic carbocycles. The Morgan fingerprint density at radius 1 is 0.914 bits per heavy atom. The minimum atomic E-state index is -0.334. The number of aromatic nitrogens is 3. The first-order valence-electron chi connectivity index (χ1n) is 10.4. The predicted octanol–water partition coefficient (Wildman–Crippen LogP) is 6.02. The number of carbonyl (C=O) groups excluding carboxylic acids is 1. The van der Waals surface area contributed by atoms with Gasteiger partial charge in [0.2, 0.25) is 0 Å². The summed E-state index contributed by atoms with van der Waals surface area (Å²) in [5.74, 6) is 0.236. The smallest absolute Gasteiger partial charge is 0.258 e. The summed E-state index contributed by atoms with van der Waals surface area (Å²) in [5.41, 5.74) is 3.15. The lowest BCUT2D eigenvalue weighted by atomic mass is 10.0. The summed E-state index contributed by atoms with van der Waals surface area (Å²) in [5, 5.41) is 17.5. The van der Waals surface area contributed by atoms with Gasteiger partial charge in [-0.25, -0.2) is 0 Å². The van der Waals surface area contributed by atoms with Gasteiger partial charge in [-0.1, -0.05) is 47.5 Å². The molecule has 0 aliphatic heterocycles. The van der Waals surface area contributed by atoms with E-state index in [2.05, 4.69) is 20.8 Å². The van der Waals surface area contributed by atoms with E-state index in [0.29, 0.717) is 43.8 Å². The van der Waals surface area contributed by atoms with Crippen molar-refractivity contribution in [3.8, 4) is 11.4 Å². The summed E-state index contributed by atoms with van der Waals surface area (Å²) >= 11 is 17.9. The molecule has 5 rings (SSSR count). The van der Waals surface area contributed by atoms with Crippen LogP contribution in [0.15, 0.2) is 72.8 Å². The van der Waals surface area contributed by atoms with E-state index >= 15 is 0 Å². The molecule has 35 heavy (non-hydrogen) atoms. The minimum Gasteiger partial charge on any atom is -0.495 e. The molecule has 0 radical (unpaired) electrons.